The lowest BCUT2D eigenvalue weighted by Gasteiger charge is -2.41. The number of thiophene rings is 1. The second kappa shape index (κ2) is 11.4. The van der Waals surface area contributed by atoms with Gasteiger partial charge in [0.2, 0.25) is 0 Å². The molecule has 5 nitrogen and oxygen atoms in total. The Morgan fingerprint density at radius 1 is 1.20 bits per heavy atom. The second-order valence-corrected chi connectivity index (χ2v) is 7.94. The Bertz CT molecular complexity index is 527. The molecule has 1 aromatic heterocycles. The number of nitrogens with one attached hydrogen (secondary N) is 2. The first kappa shape index (κ1) is 22.7. The molecule has 1 fully saturated rings. The highest BCUT2D eigenvalue weighted by Gasteiger charge is 2.28. The summed E-state index contributed by atoms with van der Waals surface area (Å²) in [4.78, 5) is 9.97. The van der Waals surface area contributed by atoms with Crippen LogP contribution in [-0.2, 0) is 17.7 Å². The maximum atomic E-state index is 5.46. The minimum absolute atomic E-state index is 0. The molecule has 0 saturated carbocycles. The average molecular weight is 480 g/mol. The summed E-state index contributed by atoms with van der Waals surface area (Å²) < 4.78 is 5.46. The number of nitrogens with zero attached hydrogens (tertiary/aromatic N) is 2. The fourth-order valence-corrected chi connectivity index (χ4v) is 3.66. The van der Waals surface area contributed by atoms with Crippen LogP contribution in [0.5, 0.6) is 0 Å². The molecule has 144 valence electrons. The topological polar surface area (TPSA) is 48.9 Å². The van der Waals surface area contributed by atoms with Crippen LogP contribution in [0.4, 0.5) is 0 Å². The van der Waals surface area contributed by atoms with Gasteiger partial charge >= 0.3 is 0 Å². The molecule has 1 aliphatic rings. The molecule has 0 spiro atoms. The molecule has 2 N–H and O–H groups in total. The van der Waals surface area contributed by atoms with Crippen molar-refractivity contribution in [3.05, 3.63) is 21.9 Å². The molecular weight excluding hydrogens is 447 g/mol. The van der Waals surface area contributed by atoms with Crippen molar-refractivity contribution in [2.24, 2.45) is 4.99 Å². The zero-order valence-electron chi connectivity index (χ0n) is 15.9. The third kappa shape index (κ3) is 7.40. The third-order valence-corrected chi connectivity index (χ3v) is 5.57. The van der Waals surface area contributed by atoms with Crippen LogP contribution in [0.15, 0.2) is 17.1 Å². The van der Waals surface area contributed by atoms with E-state index < -0.39 is 0 Å². The Kier molecular flexibility index (Phi) is 10.3. The Morgan fingerprint density at radius 3 is 2.48 bits per heavy atom. The van der Waals surface area contributed by atoms with Crippen LogP contribution >= 0.6 is 35.3 Å². The maximum absolute atomic E-state index is 5.46. The molecule has 0 radical (unpaired) electrons. The standard InChI is InChI=1S/C18H32N4OS.HI/c1-5-15-7-8-16(24-15)13-20-17(19-6-2)21-14-18(3,4)22-9-11-23-12-10-22;/h7-8H,5-6,9-14H2,1-4H3,(H2,19,20,21);1H. The molecule has 0 bridgehead atoms. The van der Waals surface area contributed by atoms with Crippen molar-refractivity contribution in [3.63, 3.8) is 0 Å². The van der Waals surface area contributed by atoms with Crippen molar-refractivity contribution in [2.45, 2.75) is 46.2 Å². The van der Waals surface area contributed by atoms with Crippen LogP contribution in [0.2, 0.25) is 0 Å². The highest BCUT2D eigenvalue weighted by Crippen LogP contribution is 2.18. The number of morpholine rings is 1. The van der Waals surface area contributed by atoms with E-state index >= 15 is 0 Å². The zero-order chi connectivity index (χ0) is 17.4. The van der Waals surface area contributed by atoms with Gasteiger partial charge in [0.15, 0.2) is 5.96 Å². The number of aliphatic imine (C=N–C) groups is 1. The van der Waals surface area contributed by atoms with E-state index in [-0.39, 0.29) is 29.5 Å². The average Bonchev–Trinajstić information content (AvgIpc) is 3.06. The van der Waals surface area contributed by atoms with Gasteiger partial charge in [-0.15, -0.1) is 35.3 Å². The van der Waals surface area contributed by atoms with Gasteiger partial charge < -0.3 is 15.4 Å². The van der Waals surface area contributed by atoms with Crippen molar-refractivity contribution < 1.29 is 4.74 Å². The zero-order valence-corrected chi connectivity index (χ0v) is 19.1. The second-order valence-electron chi connectivity index (χ2n) is 6.68. The largest absolute Gasteiger partial charge is 0.379 e. The highest BCUT2D eigenvalue weighted by molar-refractivity contribution is 14.0. The summed E-state index contributed by atoms with van der Waals surface area (Å²) in [7, 11) is 0. The Hall–Kier alpha value is -0.380. The molecular formula is C18H33IN4OS. The normalized spacial score (nSPS) is 16.4. The summed E-state index contributed by atoms with van der Waals surface area (Å²) in [5, 5.41) is 6.86. The van der Waals surface area contributed by atoms with Crippen molar-refractivity contribution >= 4 is 41.3 Å². The summed E-state index contributed by atoms with van der Waals surface area (Å²) >= 11 is 1.85. The van der Waals surface area contributed by atoms with Gasteiger partial charge in [-0.2, -0.15) is 0 Å². The molecule has 2 rings (SSSR count). The number of hydrogen-bond acceptors (Lipinski definition) is 4. The van der Waals surface area contributed by atoms with E-state index in [4.69, 9.17) is 9.73 Å². The predicted octanol–water partition coefficient (Wildman–Crippen LogP) is 3.09. The van der Waals surface area contributed by atoms with Gasteiger partial charge in [-0.25, -0.2) is 4.99 Å². The van der Waals surface area contributed by atoms with Crippen molar-refractivity contribution in [3.8, 4) is 0 Å². The first-order chi connectivity index (χ1) is 11.5. The first-order valence-electron chi connectivity index (χ1n) is 8.97. The van der Waals surface area contributed by atoms with E-state index in [1.165, 1.54) is 9.75 Å². The van der Waals surface area contributed by atoms with Crippen LogP contribution in [0.3, 0.4) is 0 Å². The Labute approximate surface area is 173 Å². The van der Waals surface area contributed by atoms with Gasteiger partial charge in [0.1, 0.15) is 0 Å². The smallest absolute Gasteiger partial charge is 0.191 e. The minimum Gasteiger partial charge on any atom is -0.379 e. The van der Waals surface area contributed by atoms with E-state index in [9.17, 15) is 0 Å². The molecule has 0 atom stereocenters. The van der Waals surface area contributed by atoms with Crippen molar-refractivity contribution in [1.82, 2.24) is 15.5 Å². The summed E-state index contributed by atoms with van der Waals surface area (Å²) in [6.45, 7) is 15.0. The van der Waals surface area contributed by atoms with Gasteiger partial charge in [-0.05, 0) is 39.3 Å². The van der Waals surface area contributed by atoms with E-state index in [1.54, 1.807) is 0 Å². The number of halogens is 1. The highest BCUT2D eigenvalue weighted by atomic mass is 127. The molecule has 0 amide bonds. The predicted molar refractivity (Wildman–Crippen MR) is 118 cm³/mol. The minimum atomic E-state index is 0. The fourth-order valence-electron chi connectivity index (χ4n) is 2.78. The third-order valence-electron chi connectivity index (χ3n) is 4.36. The lowest BCUT2D eigenvalue weighted by Crippen LogP contribution is -2.56. The van der Waals surface area contributed by atoms with Gasteiger partial charge in [0.25, 0.3) is 0 Å². The molecule has 0 unspecified atom stereocenters. The number of ether oxygens (including phenoxy) is 1. The number of hydrogen-bond donors (Lipinski definition) is 2. The van der Waals surface area contributed by atoms with Crippen molar-refractivity contribution in [1.29, 1.82) is 0 Å². The molecule has 0 aromatic carbocycles. The van der Waals surface area contributed by atoms with Gasteiger partial charge in [0.05, 0.1) is 19.8 Å². The van der Waals surface area contributed by atoms with Crippen LogP contribution in [0.25, 0.3) is 0 Å². The first-order valence-corrected chi connectivity index (χ1v) is 9.79. The monoisotopic (exact) mass is 480 g/mol. The van der Waals surface area contributed by atoms with Gasteiger partial charge in [-0.1, -0.05) is 6.92 Å². The van der Waals surface area contributed by atoms with E-state index in [0.29, 0.717) is 0 Å². The van der Waals surface area contributed by atoms with Crippen LogP contribution in [0.1, 0.15) is 37.4 Å². The van der Waals surface area contributed by atoms with E-state index in [1.807, 2.05) is 11.3 Å². The SMILES string of the molecule is CCNC(=NCc1ccc(CC)s1)NCC(C)(C)N1CCOCC1.I. The van der Waals surface area contributed by atoms with Gasteiger partial charge in [-0.3, -0.25) is 4.90 Å². The summed E-state index contributed by atoms with van der Waals surface area (Å²) in [6, 6.07) is 4.39. The van der Waals surface area contributed by atoms with E-state index in [0.717, 1.165) is 58.3 Å². The van der Waals surface area contributed by atoms with Crippen LogP contribution in [-0.4, -0.2) is 55.8 Å². The molecule has 25 heavy (non-hydrogen) atoms. The Balaban J connectivity index is 0.00000312. The van der Waals surface area contributed by atoms with Crippen LogP contribution in [0, 0.1) is 0 Å². The summed E-state index contributed by atoms with van der Waals surface area (Å²) in [5.74, 6) is 0.894. The molecule has 0 aliphatic carbocycles. The van der Waals surface area contributed by atoms with Crippen molar-refractivity contribution in [2.75, 3.05) is 39.4 Å². The van der Waals surface area contributed by atoms with E-state index in [2.05, 4.69) is 55.4 Å². The maximum Gasteiger partial charge on any atom is 0.191 e. The number of aryl methyl sites for hydroxylation is 1. The molecule has 7 heteroatoms. The number of rotatable bonds is 7. The molecule has 1 aliphatic heterocycles. The van der Waals surface area contributed by atoms with Crippen LogP contribution < -0.4 is 10.6 Å². The molecule has 1 aromatic rings. The lowest BCUT2D eigenvalue weighted by molar-refractivity contribution is -0.00834. The van der Waals surface area contributed by atoms with Gasteiger partial charge in [0, 0.05) is 41.5 Å². The summed E-state index contributed by atoms with van der Waals surface area (Å²) in [5.41, 5.74) is 0.0816. The fraction of sp³-hybridized carbons (Fsp3) is 0.722. The molecule has 1 saturated heterocycles. The quantitative estimate of drug-likeness (QED) is 0.358. The number of guanidine groups is 1. The molecule has 2 heterocycles. The summed E-state index contributed by atoms with van der Waals surface area (Å²) in [6.07, 6.45) is 1.10. The Morgan fingerprint density at radius 2 is 1.88 bits per heavy atom. The lowest BCUT2D eigenvalue weighted by atomic mass is 10.0.